The van der Waals surface area contributed by atoms with E-state index < -0.39 is 0 Å². The first-order valence-corrected chi connectivity index (χ1v) is 9.94. The molecule has 3 rings (SSSR count). The Bertz CT molecular complexity index is 1040. The fourth-order valence-electron chi connectivity index (χ4n) is 2.52. The molecule has 0 aromatic heterocycles. The zero-order chi connectivity index (χ0) is 21.3. The van der Waals surface area contributed by atoms with Crippen LogP contribution in [0, 0.1) is 6.92 Å². The normalized spacial score (nSPS) is 10.8. The van der Waals surface area contributed by atoms with Crippen LogP contribution in [-0.2, 0) is 11.4 Å². The predicted molar refractivity (Wildman–Crippen MR) is 120 cm³/mol. The van der Waals surface area contributed by atoms with Crippen LogP contribution in [0.15, 0.2) is 71.8 Å². The van der Waals surface area contributed by atoms with Crippen LogP contribution in [0.1, 0.15) is 16.7 Å². The molecule has 0 fully saturated rings. The molecule has 30 heavy (non-hydrogen) atoms. The second kappa shape index (κ2) is 10.7. The minimum atomic E-state index is -0.339. The summed E-state index contributed by atoms with van der Waals surface area (Å²) in [5.41, 5.74) is 5.07. The van der Waals surface area contributed by atoms with E-state index in [1.807, 2.05) is 61.5 Å². The van der Waals surface area contributed by atoms with E-state index in [0.717, 1.165) is 16.7 Å². The number of carbonyl (C=O) groups excluding carboxylic acids is 1. The summed E-state index contributed by atoms with van der Waals surface area (Å²) in [5, 5.41) is 5.09. The highest BCUT2D eigenvalue weighted by Crippen LogP contribution is 2.22. The second-order valence-electron chi connectivity index (χ2n) is 6.44. The molecule has 0 aliphatic heterocycles. The molecule has 0 spiro atoms. The van der Waals surface area contributed by atoms with Gasteiger partial charge in [0.2, 0.25) is 0 Å². The van der Waals surface area contributed by atoms with E-state index in [4.69, 9.17) is 32.7 Å². The van der Waals surface area contributed by atoms with Gasteiger partial charge in [0, 0.05) is 15.6 Å². The fraction of sp³-hybridized carbons (Fsp3) is 0.130. The van der Waals surface area contributed by atoms with Crippen molar-refractivity contribution in [3.63, 3.8) is 0 Å². The van der Waals surface area contributed by atoms with Gasteiger partial charge >= 0.3 is 0 Å². The zero-order valence-electron chi connectivity index (χ0n) is 16.3. The Morgan fingerprint density at radius 2 is 1.80 bits per heavy atom. The molecule has 0 aliphatic rings. The number of benzene rings is 3. The first kappa shape index (κ1) is 21.7. The lowest BCUT2D eigenvalue weighted by Crippen LogP contribution is -2.24. The molecule has 3 aromatic rings. The summed E-state index contributed by atoms with van der Waals surface area (Å²) in [7, 11) is 0. The minimum absolute atomic E-state index is 0.109. The van der Waals surface area contributed by atoms with Crippen molar-refractivity contribution >= 4 is 35.3 Å². The SMILES string of the molecule is Cc1ccccc1OCC(=O)NN=Cc1ccc(OCc2ccc(Cl)cc2Cl)cc1. The quantitative estimate of drug-likeness (QED) is 0.374. The minimum Gasteiger partial charge on any atom is -0.489 e. The van der Waals surface area contributed by atoms with Crippen LogP contribution in [-0.4, -0.2) is 18.7 Å². The van der Waals surface area contributed by atoms with Gasteiger partial charge in [-0.05, 0) is 60.5 Å². The van der Waals surface area contributed by atoms with Crippen molar-refractivity contribution in [2.45, 2.75) is 13.5 Å². The van der Waals surface area contributed by atoms with Gasteiger partial charge in [0.05, 0.1) is 6.21 Å². The highest BCUT2D eigenvalue weighted by Gasteiger charge is 2.04. The Morgan fingerprint density at radius 1 is 1.03 bits per heavy atom. The van der Waals surface area contributed by atoms with Gasteiger partial charge in [-0.25, -0.2) is 5.43 Å². The molecule has 0 saturated carbocycles. The Morgan fingerprint density at radius 3 is 2.53 bits per heavy atom. The highest BCUT2D eigenvalue weighted by molar-refractivity contribution is 6.35. The van der Waals surface area contributed by atoms with E-state index in [9.17, 15) is 4.79 Å². The smallest absolute Gasteiger partial charge is 0.277 e. The third-order valence-electron chi connectivity index (χ3n) is 4.14. The number of rotatable bonds is 8. The zero-order valence-corrected chi connectivity index (χ0v) is 17.8. The van der Waals surface area contributed by atoms with Crippen LogP contribution in [0.3, 0.4) is 0 Å². The largest absolute Gasteiger partial charge is 0.489 e. The number of para-hydroxylation sites is 1. The number of aryl methyl sites for hydroxylation is 1. The molecule has 0 aliphatic carbocycles. The maximum absolute atomic E-state index is 11.9. The summed E-state index contributed by atoms with van der Waals surface area (Å²) >= 11 is 12.0. The maximum atomic E-state index is 11.9. The Labute approximate surface area is 185 Å². The average molecular weight is 443 g/mol. The number of hydrogen-bond donors (Lipinski definition) is 1. The summed E-state index contributed by atoms with van der Waals surface area (Å²) in [6.45, 7) is 2.14. The van der Waals surface area contributed by atoms with E-state index >= 15 is 0 Å². The summed E-state index contributed by atoms with van der Waals surface area (Å²) < 4.78 is 11.2. The molecule has 0 heterocycles. The molecule has 0 atom stereocenters. The first-order chi connectivity index (χ1) is 14.5. The summed E-state index contributed by atoms with van der Waals surface area (Å²) in [6.07, 6.45) is 1.55. The van der Waals surface area contributed by atoms with E-state index in [0.29, 0.717) is 28.2 Å². The van der Waals surface area contributed by atoms with Gasteiger partial charge in [0.25, 0.3) is 5.91 Å². The maximum Gasteiger partial charge on any atom is 0.277 e. The molecule has 1 N–H and O–H groups in total. The number of halogens is 2. The van der Waals surface area contributed by atoms with Crippen molar-refractivity contribution in [2.75, 3.05) is 6.61 Å². The van der Waals surface area contributed by atoms with Gasteiger partial charge < -0.3 is 9.47 Å². The van der Waals surface area contributed by atoms with Gasteiger partial charge in [-0.2, -0.15) is 5.10 Å². The van der Waals surface area contributed by atoms with Gasteiger partial charge in [0.15, 0.2) is 6.61 Å². The molecule has 0 radical (unpaired) electrons. The summed E-state index contributed by atoms with van der Waals surface area (Å²) in [6, 6.07) is 20.1. The Kier molecular flexibility index (Phi) is 7.71. The molecule has 7 heteroatoms. The van der Waals surface area contributed by atoms with Gasteiger partial charge in [-0.1, -0.05) is 47.5 Å². The summed E-state index contributed by atoms with van der Waals surface area (Å²) in [5.74, 6) is 1.02. The van der Waals surface area contributed by atoms with Crippen molar-refractivity contribution in [3.8, 4) is 11.5 Å². The van der Waals surface area contributed by atoms with Crippen molar-refractivity contribution in [2.24, 2.45) is 5.10 Å². The number of hydrazone groups is 1. The van der Waals surface area contributed by atoms with Crippen molar-refractivity contribution < 1.29 is 14.3 Å². The average Bonchev–Trinajstić information content (AvgIpc) is 2.73. The van der Waals surface area contributed by atoms with Gasteiger partial charge in [-0.3, -0.25) is 4.79 Å². The molecule has 0 unspecified atom stereocenters. The number of nitrogens with one attached hydrogen (secondary N) is 1. The standard InChI is InChI=1S/C23H20Cl2N2O3/c1-16-4-2-3-5-22(16)30-15-23(28)27-26-13-17-6-10-20(11-7-17)29-14-18-8-9-19(24)12-21(18)25/h2-13H,14-15H2,1H3,(H,27,28). The topological polar surface area (TPSA) is 59.9 Å². The molecule has 1 amide bonds. The molecule has 3 aromatic carbocycles. The lowest BCUT2D eigenvalue weighted by atomic mass is 10.2. The molecule has 0 bridgehead atoms. The fourth-order valence-corrected chi connectivity index (χ4v) is 2.99. The van der Waals surface area contributed by atoms with Crippen LogP contribution in [0.5, 0.6) is 11.5 Å². The monoisotopic (exact) mass is 442 g/mol. The molecular weight excluding hydrogens is 423 g/mol. The molecule has 154 valence electrons. The Balaban J connectivity index is 1.45. The summed E-state index contributed by atoms with van der Waals surface area (Å²) in [4.78, 5) is 11.9. The third-order valence-corrected chi connectivity index (χ3v) is 4.73. The number of nitrogens with zero attached hydrogens (tertiary/aromatic N) is 1. The number of hydrogen-bond acceptors (Lipinski definition) is 4. The van der Waals surface area contributed by atoms with Crippen LogP contribution < -0.4 is 14.9 Å². The van der Waals surface area contributed by atoms with Gasteiger partial charge in [-0.15, -0.1) is 0 Å². The van der Waals surface area contributed by atoms with Gasteiger partial charge in [0.1, 0.15) is 18.1 Å². The van der Waals surface area contributed by atoms with Crippen molar-refractivity contribution in [1.29, 1.82) is 0 Å². The van der Waals surface area contributed by atoms with Crippen LogP contribution in [0.25, 0.3) is 0 Å². The number of amides is 1. The molecule has 5 nitrogen and oxygen atoms in total. The number of ether oxygens (including phenoxy) is 2. The predicted octanol–water partition coefficient (Wildman–Crippen LogP) is 5.41. The highest BCUT2D eigenvalue weighted by atomic mass is 35.5. The van der Waals surface area contributed by atoms with E-state index in [1.54, 1.807) is 18.3 Å². The Hall–Kier alpha value is -3.02. The second-order valence-corrected chi connectivity index (χ2v) is 7.28. The molecular formula is C23H20Cl2N2O3. The van der Waals surface area contributed by atoms with Crippen LogP contribution in [0.4, 0.5) is 0 Å². The van der Waals surface area contributed by atoms with Crippen molar-refractivity contribution in [3.05, 3.63) is 93.5 Å². The third kappa shape index (κ3) is 6.51. The molecule has 0 saturated heterocycles. The van der Waals surface area contributed by atoms with Crippen molar-refractivity contribution in [1.82, 2.24) is 5.43 Å². The first-order valence-electron chi connectivity index (χ1n) is 9.18. The van der Waals surface area contributed by atoms with Crippen LogP contribution in [0.2, 0.25) is 10.0 Å². The number of carbonyl (C=O) groups is 1. The van der Waals surface area contributed by atoms with E-state index in [1.165, 1.54) is 0 Å². The van der Waals surface area contributed by atoms with E-state index in [2.05, 4.69) is 10.5 Å². The van der Waals surface area contributed by atoms with E-state index in [-0.39, 0.29) is 12.5 Å². The van der Waals surface area contributed by atoms with Crippen LogP contribution >= 0.6 is 23.2 Å². The lowest BCUT2D eigenvalue weighted by Gasteiger charge is -2.08. The lowest BCUT2D eigenvalue weighted by molar-refractivity contribution is -0.123.